The van der Waals surface area contributed by atoms with Gasteiger partial charge in [-0.1, -0.05) is 42.5 Å². The normalized spacial score (nSPS) is 24.5. The van der Waals surface area contributed by atoms with Gasteiger partial charge in [0.2, 0.25) is 0 Å². The maximum Gasteiger partial charge on any atom is 0.257 e. The van der Waals surface area contributed by atoms with Crippen molar-refractivity contribution in [2.45, 2.75) is 43.7 Å². The van der Waals surface area contributed by atoms with Crippen LogP contribution in [-0.2, 0) is 21.8 Å². The number of nitrogens with zero attached hydrogens (tertiary/aromatic N) is 3. The van der Waals surface area contributed by atoms with Crippen LogP contribution in [0.3, 0.4) is 0 Å². The van der Waals surface area contributed by atoms with Crippen molar-refractivity contribution in [3.05, 3.63) is 71.8 Å². The summed E-state index contributed by atoms with van der Waals surface area (Å²) in [6.45, 7) is 3.37. The highest BCUT2D eigenvalue weighted by Crippen LogP contribution is 2.57. The van der Waals surface area contributed by atoms with Crippen molar-refractivity contribution in [3.8, 4) is 0 Å². The number of para-hydroxylation sites is 2. The SMILES string of the molecule is CN(C)C/C=C/C(O)NCCNC(=O)[C@@]1(O)CC2O[C@]1(C)n1c3ccccc3c3c4c(c5c6ccccc6n2c5c31)C(=O)NC4. The minimum absolute atomic E-state index is 0.00313. The lowest BCUT2D eigenvalue weighted by Gasteiger charge is -2.38. The Balaban J connectivity index is 1.27. The Morgan fingerprint density at radius 3 is 2.58 bits per heavy atom. The molecule has 3 aliphatic heterocycles. The number of nitrogens with one attached hydrogen (secondary N) is 3. The van der Waals surface area contributed by atoms with E-state index in [2.05, 4.69) is 20.5 Å². The number of amides is 2. The summed E-state index contributed by atoms with van der Waals surface area (Å²) in [5.41, 5.74) is 1.55. The van der Waals surface area contributed by atoms with Gasteiger partial charge in [-0.25, -0.2) is 0 Å². The average molecular weight is 609 g/mol. The van der Waals surface area contributed by atoms with Crippen molar-refractivity contribution < 1.29 is 24.5 Å². The van der Waals surface area contributed by atoms with Crippen LogP contribution in [0.1, 0.15) is 35.5 Å². The molecule has 4 atom stereocenters. The predicted molar refractivity (Wildman–Crippen MR) is 172 cm³/mol. The van der Waals surface area contributed by atoms with Crippen molar-refractivity contribution in [1.82, 2.24) is 30.0 Å². The fourth-order valence-electron chi connectivity index (χ4n) is 7.76. The Hall–Kier alpha value is -4.26. The quantitative estimate of drug-likeness (QED) is 0.104. The zero-order valence-corrected chi connectivity index (χ0v) is 25.4. The van der Waals surface area contributed by atoms with E-state index in [4.69, 9.17) is 4.74 Å². The molecule has 1 fully saturated rings. The largest absolute Gasteiger partial charge is 0.376 e. The molecule has 2 unspecified atom stereocenters. The van der Waals surface area contributed by atoms with Crippen LogP contribution in [0, 0.1) is 0 Å². The first-order chi connectivity index (χ1) is 21.7. The third kappa shape index (κ3) is 3.76. The van der Waals surface area contributed by atoms with Crippen LogP contribution >= 0.6 is 0 Å². The molecule has 0 saturated carbocycles. The molecule has 5 N–H and O–H groups in total. The number of rotatable bonds is 8. The number of benzene rings is 3. The monoisotopic (exact) mass is 608 g/mol. The molecule has 3 aromatic carbocycles. The molecular weight excluding hydrogens is 572 g/mol. The number of likely N-dealkylation sites (N-methyl/N-ethyl adjacent to an activating group) is 1. The summed E-state index contributed by atoms with van der Waals surface area (Å²) in [6, 6.07) is 15.8. The van der Waals surface area contributed by atoms with Crippen molar-refractivity contribution in [3.63, 3.8) is 0 Å². The highest BCUT2D eigenvalue weighted by atomic mass is 16.6. The summed E-state index contributed by atoms with van der Waals surface area (Å²) < 4.78 is 10.9. The first-order valence-corrected chi connectivity index (χ1v) is 15.4. The molecule has 45 heavy (non-hydrogen) atoms. The maximum atomic E-state index is 14.1. The molecule has 232 valence electrons. The summed E-state index contributed by atoms with van der Waals surface area (Å²) in [5, 5.41) is 35.3. The van der Waals surface area contributed by atoms with Gasteiger partial charge in [-0.05, 0) is 44.8 Å². The fourth-order valence-corrected chi connectivity index (χ4v) is 7.76. The van der Waals surface area contributed by atoms with E-state index in [1.807, 2.05) is 78.2 Å². The lowest BCUT2D eigenvalue weighted by atomic mass is 9.87. The number of fused-ring (bicyclic) bond motifs is 13. The Kier molecular flexibility index (Phi) is 6.19. The Bertz CT molecular complexity index is 2100. The molecule has 2 amide bonds. The summed E-state index contributed by atoms with van der Waals surface area (Å²) >= 11 is 0. The number of hydrogen-bond donors (Lipinski definition) is 5. The van der Waals surface area contributed by atoms with E-state index >= 15 is 0 Å². The van der Waals surface area contributed by atoms with Gasteiger partial charge in [0.05, 0.1) is 27.6 Å². The third-order valence-electron chi connectivity index (χ3n) is 9.76. The van der Waals surface area contributed by atoms with Crippen LogP contribution < -0.4 is 16.0 Å². The van der Waals surface area contributed by atoms with Gasteiger partial charge >= 0.3 is 0 Å². The molecule has 11 nitrogen and oxygen atoms in total. The number of ether oxygens (including phenoxy) is 1. The van der Waals surface area contributed by atoms with E-state index in [-0.39, 0.29) is 18.9 Å². The minimum atomic E-state index is -1.95. The van der Waals surface area contributed by atoms with Gasteiger partial charge in [0.1, 0.15) is 12.5 Å². The Morgan fingerprint density at radius 1 is 1.11 bits per heavy atom. The Labute approximate surface area is 259 Å². The molecule has 8 rings (SSSR count). The number of carbonyl (C=O) groups excluding carboxylic acids is 2. The molecule has 0 spiro atoms. The molecule has 0 aliphatic carbocycles. The van der Waals surface area contributed by atoms with Crippen molar-refractivity contribution in [2.24, 2.45) is 0 Å². The van der Waals surface area contributed by atoms with Gasteiger partial charge in [0.15, 0.2) is 11.3 Å². The molecule has 5 aromatic rings. The van der Waals surface area contributed by atoms with Crippen LogP contribution in [0.2, 0.25) is 0 Å². The number of aliphatic hydroxyl groups is 2. The van der Waals surface area contributed by atoms with Crippen LogP contribution in [0.5, 0.6) is 0 Å². The maximum absolute atomic E-state index is 14.1. The summed E-state index contributed by atoms with van der Waals surface area (Å²) in [7, 11) is 3.89. The highest BCUT2D eigenvalue weighted by Gasteiger charge is 2.64. The fraction of sp³-hybridized carbons (Fsp3) is 0.353. The zero-order valence-electron chi connectivity index (χ0n) is 25.4. The van der Waals surface area contributed by atoms with Crippen molar-refractivity contribution in [1.29, 1.82) is 0 Å². The lowest BCUT2D eigenvalue weighted by Crippen LogP contribution is -2.60. The minimum Gasteiger partial charge on any atom is -0.376 e. The lowest BCUT2D eigenvalue weighted by molar-refractivity contribution is -0.187. The second kappa shape index (κ2) is 9.87. The summed E-state index contributed by atoms with van der Waals surface area (Å²) in [6.07, 6.45) is 1.99. The van der Waals surface area contributed by atoms with Crippen LogP contribution in [0.4, 0.5) is 0 Å². The zero-order chi connectivity index (χ0) is 31.2. The van der Waals surface area contributed by atoms with Crippen LogP contribution in [0.15, 0.2) is 60.7 Å². The van der Waals surface area contributed by atoms with Gasteiger partial charge < -0.3 is 39.6 Å². The molecule has 2 aromatic heterocycles. The summed E-state index contributed by atoms with van der Waals surface area (Å²) in [4.78, 5) is 29.4. The second-order valence-electron chi connectivity index (χ2n) is 12.7. The van der Waals surface area contributed by atoms with Crippen LogP contribution in [0.25, 0.3) is 43.6 Å². The van der Waals surface area contributed by atoms with E-state index in [0.29, 0.717) is 25.2 Å². The van der Waals surface area contributed by atoms with E-state index in [1.54, 1.807) is 13.0 Å². The highest BCUT2D eigenvalue weighted by molar-refractivity contribution is 6.31. The van der Waals surface area contributed by atoms with Gasteiger partial charge in [-0.15, -0.1) is 0 Å². The predicted octanol–water partition coefficient (Wildman–Crippen LogP) is 2.62. The standard InChI is InChI=1S/C34H36N6O5/c1-33-34(44,32(43)36-15-14-35-24(41)13-8-16-38(2)3)17-25(45-33)39-22-11-6-4-9-19(22)27-28-21(18-37-31(28)42)26-20-10-5-7-12-23(20)40(33)30(26)29(27)39/h4-13,24-25,35,41,44H,14-18H2,1-3H3,(H,36,43)(H,37,42)/b13-8+/t24?,25?,33-,34-/m0/s1. The van der Waals surface area contributed by atoms with Gasteiger partial charge in [0.25, 0.3) is 11.8 Å². The van der Waals surface area contributed by atoms with Gasteiger partial charge in [-0.3, -0.25) is 14.9 Å². The molecule has 0 radical (unpaired) electrons. The third-order valence-corrected chi connectivity index (χ3v) is 9.76. The van der Waals surface area contributed by atoms with Crippen molar-refractivity contribution >= 4 is 55.4 Å². The topological polar surface area (TPSA) is 133 Å². The van der Waals surface area contributed by atoms with Crippen LogP contribution in [-0.4, -0.2) is 81.6 Å². The van der Waals surface area contributed by atoms with E-state index in [1.165, 1.54) is 0 Å². The molecule has 1 saturated heterocycles. The average Bonchev–Trinajstić information content (AvgIpc) is 3.71. The van der Waals surface area contributed by atoms with E-state index < -0.39 is 29.7 Å². The second-order valence-corrected chi connectivity index (χ2v) is 12.7. The van der Waals surface area contributed by atoms with E-state index in [0.717, 1.165) is 49.2 Å². The van der Waals surface area contributed by atoms with Crippen molar-refractivity contribution in [2.75, 3.05) is 33.7 Å². The first kappa shape index (κ1) is 28.2. The Morgan fingerprint density at radius 2 is 1.82 bits per heavy atom. The summed E-state index contributed by atoms with van der Waals surface area (Å²) in [5.74, 6) is -0.650. The number of aromatic nitrogens is 2. The molecule has 5 heterocycles. The van der Waals surface area contributed by atoms with E-state index in [9.17, 15) is 19.8 Å². The molecule has 11 heteroatoms. The first-order valence-electron chi connectivity index (χ1n) is 15.4. The smallest absolute Gasteiger partial charge is 0.257 e. The van der Waals surface area contributed by atoms with Gasteiger partial charge in [-0.2, -0.15) is 0 Å². The molecule has 3 aliphatic rings. The molecule has 2 bridgehead atoms. The number of carbonyl (C=O) groups is 2. The number of aliphatic hydroxyl groups excluding tert-OH is 1. The number of hydrogen-bond acceptors (Lipinski definition) is 7. The van der Waals surface area contributed by atoms with Gasteiger partial charge in [0, 0.05) is 54.1 Å². The molecular formula is C34H36N6O5.